The SMILES string of the molecule is Cc1cccc([C@@H](C)NC(=O)c2ccc3c(c2)CNC3)c1. The molecule has 3 rings (SSSR count). The molecule has 1 aliphatic rings. The zero-order valence-corrected chi connectivity index (χ0v) is 12.4. The van der Waals surface area contributed by atoms with Crippen LogP contribution in [0.4, 0.5) is 0 Å². The number of rotatable bonds is 3. The highest BCUT2D eigenvalue weighted by atomic mass is 16.1. The second-order valence-electron chi connectivity index (χ2n) is 5.70. The molecule has 3 heteroatoms. The zero-order valence-electron chi connectivity index (χ0n) is 12.4. The first-order chi connectivity index (χ1) is 10.1. The fraction of sp³-hybridized carbons (Fsp3) is 0.278. The third kappa shape index (κ3) is 2.98. The molecule has 0 radical (unpaired) electrons. The highest BCUT2D eigenvalue weighted by molar-refractivity contribution is 5.94. The second-order valence-corrected chi connectivity index (χ2v) is 5.70. The molecule has 0 fully saturated rings. The number of fused-ring (bicyclic) bond motifs is 1. The molecule has 1 heterocycles. The Hall–Kier alpha value is -2.13. The van der Waals surface area contributed by atoms with Crippen molar-refractivity contribution in [1.82, 2.24) is 10.6 Å². The van der Waals surface area contributed by atoms with E-state index in [1.54, 1.807) is 0 Å². The van der Waals surface area contributed by atoms with Crippen molar-refractivity contribution in [2.24, 2.45) is 0 Å². The first-order valence-corrected chi connectivity index (χ1v) is 7.33. The summed E-state index contributed by atoms with van der Waals surface area (Å²) in [4.78, 5) is 12.4. The van der Waals surface area contributed by atoms with E-state index in [9.17, 15) is 4.79 Å². The number of nitrogens with one attached hydrogen (secondary N) is 2. The van der Waals surface area contributed by atoms with E-state index in [0.29, 0.717) is 0 Å². The largest absolute Gasteiger partial charge is 0.346 e. The smallest absolute Gasteiger partial charge is 0.251 e. The molecule has 108 valence electrons. The summed E-state index contributed by atoms with van der Waals surface area (Å²) in [6.45, 7) is 5.83. The van der Waals surface area contributed by atoms with Crippen molar-refractivity contribution >= 4 is 5.91 Å². The van der Waals surface area contributed by atoms with E-state index in [-0.39, 0.29) is 11.9 Å². The van der Waals surface area contributed by atoms with Crippen molar-refractivity contribution in [2.45, 2.75) is 33.0 Å². The molecule has 0 bridgehead atoms. The Morgan fingerprint density at radius 2 is 1.95 bits per heavy atom. The molecular formula is C18H20N2O. The van der Waals surface area contributed by atoms with Crippen LogP contribution in [0.25, 0.3) is 0 Å². The average molecular weight is 280 g/mol. The maximum absolute atomic E-state index is 12.4. The van der Waals surface area contributed by atoms with Gasteiger partial charge in [0.1, 0.15) is 0 Å². The summed E-state index contributed by atoms with van der Waals surface area (Å²) in [6, 6.07) is 14.2. The van der Waals surface area contributed by atoms with E-state index < -0.39 is 0 Å². The van der Waals surface area contributed by atoms with Gasteiger partial charge in [0, 0.05) is 18.7 Å². The number of carbonyl (C=O) groups is 1. The van der Waals surface area contributed by atoms with Gasteiger partial charge in [-0.15, -0.1) is 0 Å². The van der Waals surface area contributed by atoms with Gasteiger partial charge in [0.2, 0.25) is 0 Å². The molecule has 2 aromatic rings. The van der Waals surface area contributed by atoms with Gasteiger partial charge in [0.05, 0.1) is 6.04 Å². The van der Waals surface area contributed by atoms with Gasteiger partial charge in [-0.2, -0.15) is 0 Å². The number of hydrogen-bond acceptors (Lipinski definition) is 2. The lowest BCUT2D eigenvalue weighted by molar-refractivity contribution is 0.0940. The third-order valence-corrected chi connectivity index (χ3v) is 3.99. The van der Waals surface area contributed by atoms with E-state index in [4.69, 9.17) is 0 Å². The predicted octanol–water partition coefficient (Wildman–Crippen LogP) is 3.09. The predicted molar refractivity (Wildman–Crippen MR) is 84.0 cm³/mol. The van der Waals surface area contributed by atoms with Crippen molar-refractivity contribution in [2.75, 3.05) is 0 Å². The Kier molecular flexibility index (Phi) is 3.76. The molecule has 2 N–H and O–H groups in total. The summed E-state index contributed by atoms with van der Waals surface area (Å²) in [5, 5.41) is 6.37. The van der Waals surface area contributed by atoms with Gasteiger partial charge in [0.15, 0.2) is 0 Å². The highest BCUT2D eigenvalue weighted by Gasteiger charge is 2.15. The maximum atomic E-state index is 12.4. The number of benzene rings is 2. The molecule has 1 atom stereocenters. The van der Waals surface area contributed by atoms with Crippen molar-refractivity contribution in [1.29, 1.82) is 0 Å². The molecule has 21 heavy (non-hydrogen) atoms. The molecule has 1 aliphatic heterocycles. The molecule has 0 saturated heterocycles. The molecular weight excluding hydrogens is 260 g/mol. The number of aryl methyl sites for hydroxylation is 1. The second kappa shape index (κ2) is 5.70. The molecule has 2 aromatic carbocycles. The summed E-state index contributed by atoms with van der Waals surface area (Å²) < 4.78 is 0. The number of carbonyl (C=O) groups excluding carboxylic acids is 1. The van der Waals surface area contributed by atoms with Crippen LogP contribution >= 0.6 is 0 Å². The molecule has 3 nitrogen and oxygen atoms in total. The summed E-state index contributed by atoms with van der Waals surface area (Å²) in [7, 11) is 0. The van der Waals surface area contributed by atoms with Crippen LogP contribution in [0.5, 0.6) is 0 Å². The number of hydrogen-bond donors (Lipinski definition) is 2. The van der Waals surface area contributed by atoms with Crippen LogP contribution in [-0.2, 0) is 13.1 Å². The van der Waals surface area contributed by atoms with Gasteiger partial charge in [-0.05, 0) is 42.7 Å². The Morgan fingerprint density at radius 3 is 2.76 bits per heavy atom. The van der Waals surface area contributed by atoms with Crippen LogP contribution in [0.3, 0.4) is 0 Å². The lowest BCUT2D eigenvalue weighted by Crippen LogP contribution is -2.26. The van der Waals surface area contributed by atoms with Crippen LogP contribution in [0.1, 0.15) is 45.6 Å². The van der Waals surface area contributed by atoms with Gasteiger partial charge < -0.3 is 10.6 Å². The number of amides is 1. The quantitative estimate of drug-likeness (QED) is 0.907. The van der Waals surface area contributed by atoms with Crippen molar-refractivity contribution in [3.05, 3.63) is 70.3 Å². The standard InChI is InChI=1S/C18H20N2O/c1-12-4-3-5-14(8-12)13(2)20-18(21)15-6-7-16-10-19-11-17(16)9-15/h3-9,13,19H,10-11H2,1-2H3,(H,20,21)/t13-/m1/s1. The highest BCUT2D eigenvalue weighted by Crippen LogP contribution is 2.18. The molecule has 0 aliphatic carbocycles. The minimum absolute atomic E-state index is 0.00350. The fourth-order valence-electron chi connectivity index (χ4n) is 2.74. The average Bonchev–Trinajstić information content (AvgIpc) is 2.94. The van der Waals surface area contributed by atoms with E-state index in [1.807, 2.05) is 37.3 Å². The van der Waals surface area contributed by atoms with Crippen molar-refractivity contribution in [3.8, 4) is 0 Å². The minimum Gasteiger partial charge on any atom is -0.346 e. The summed E-state index contributed by atoms with van der Waals surface area (Å²) in [5.74, 6) is -0.0151. The fourth-order valence-corrected chi connectivity index (χ4v) is 2.74. The first-order valence-electron chi connectivity index (χ1n) is 7.33. The minimum atomic E-state index is -0.0151. The Labute approximate surface area is 125 Å². The van der Waals surface area contributed by atoms with E-state index in [1.165, 1.54) is 16.7 Å². The first kappa shape index (κ1) is 13.8. The van der Waals surface area contributed by atoms with Crippen LogP contribution in [-0.4, -0.2) is 5.91 Å². The van der Waals surface area contributed by atoms with Crippen LogP contribution in [0.2, 0.25) is 0 Å². The molecule has 0 spiro atoms. The van der Waals surface area contributed by atoms with Crippen molar-refractivity contribution < 1.29 is 4.79 Å². The normalized spacial score (nSPS) is 14.6. The molecule has 0 unspecified atom stereocenters. The van der Waals surface area contributed by atoms with Gasteiger partial charge in [-0.3, -0.25) is 4.79 Å². The zero-order chi connectivity index (χ0) is 14.8. The molecule has 0 saturated carbocycles. The maximum Gasteiger partial charge on any atom is 0.251 e. The van der Waals surface area contributed by atoms with E-state index >= 15 is 0 Å². The Balaban J connectivity index is 1.74. The van der Waals surface area contributed by atoms with Crippen molar-refractivity contribution in [3.63, 3.8) is 0 Å². The van der Waals surface area contributed by atoms with Gasteiger partial charge in [0.25, 0.3) is 5.91 Å². The van der Waals surface area contributed by atoms with E-state index in [0.717, 1.165) is 24.2 Å². The van der Waals surface area contributed by atoms with Crippen LogP contribution in [0.15, 0.2) is 42.5 Å². The summed E-state index contributed by atoms with van der Waals surface area (Å²) >= 11 is 0. The Bertz CT molecular complexity index is 679. The van der Waals surface area contributed by atoms with Gasteiger partial charge in [-0.1, -0.05) is 35.9 Å². The Morgan fingerprint density at radius 1 is 1.14 bits per heavy atom. The van der Waals surface area contributed by atoms with Crippen LogP contribution in [0, 0.1) is 6.92 Å². The monoisotopic (exact) mass is 280 g/mol. The van der Waals surface area contributed by atoms with E-state index in [2.05, 4.69) is 29.7 Å². The topological polar surface area (TPSA) is 41.1 Å². The van der Waals surface area contributed by atoms with Crippen LogP contribution < -0.4 is 10.6 Å². The summed E-state index contributed by atoms with van der Waals surface area (Å²) in [5.41, 5.74) is 5.59. The third-order valence-electron chi connectivity index (χ3n) is 3.99. The van der Waals surface area contributed by atoms with Gasteiger partial charge in [-0.25, -0.2) is 0 Å². The molecule has 0 aromatic heterocycles. The summed E-state index contributed by atoms with van der Waals surface area (Å²) in [6.07, 6.45) is 0. The van der Waals surface area contributed by atoms with Gasteiger partial charge >= 0.3 is 0 Å². The lowest BCUT2D eigenvalue weighted by Gasteiger charge is -2.15. The lowest BCUT2D eigenvalue weighted by atomic mass is 10.0. The molecule has 1 amide bonds.